The molecule has 1 aliphatic carbocycles. The Morgan fingerprint density at radius 1 is 1.35 bits per heavy atom. The van der Waals surface area contributed by atoms with Crippen molar-refractivity contribution in [3.63, 3.8) is 0 Å². The normalized spacial score (nSPS) is 17.8. The molecule has 1 atom stereocenters. The number of hydrogen-bond acceptors (Lipinski definition) is 1. The van der Waals surface area contributed by atoms with Gasteiger partial charge < -0.3 is 5.32 Å². The van der Waals surface area contributed by atoms with E-state index in [2.05, 4.69) is 12.2 Å². The van der Waals surface area contributed by atoms with Gasteiger partial charge in [-0.1, -0.05) is 19.3 Å². The van der Waals surface area contributed by atoms with Gasteiger partial charge >= 0.3 is 0 Å². The van der Waals surface area contributed by atoms with Crippen molar-refractivity contribution in [1.82, 2.24) is 5.32 Å². The van der Waals surface area contributed by atoms with Crippen LogP contribution < -0.4 is 5.32 Å². The minimum absolute atomic E-state index is 0.338. The second-order valence-electron chi connectivity index (χ2n) is 5.05. The molecule has 0 heterocycles. The van der Waals surface area contributed by atoms with Gasteiger partial charge in [0, 0.05) is 18.2 Å². The summed E-state index contributed by atoms with van der Waals surface area (Å²) in [7, 11) is 0. The summed E-state index contributed by atoms with van der Waals surface area (Å²) in [6.07, 6.45) is 5.12. The van der Waals surface area contributed by atoms with E-state index in [-0.39, 0.29) is 11.6 Å². The second kappa shape index (κ2) is 5.58. The molecule has 1 aromatic carbocycles. The zero-order valence-electron chi connectivity index (χ0n) is 10.2. The lowest BCUT2D eigenvalue weighted by molar-refractivity contribution is 0.265. The van der Waals surface area contributed by atoms with Crippen LogP contribution in [0.1, 0.15) is 38.2 Å². The molecular formula is C14H19F2N. The third-order valence-corrected chi connectivity index (χ3v) is 3.56. The van der Waals surface area contributed by atoms with Crippen molar-refractivity contribution >= 4 is 0 Å². The molecule has 0 spiro atoms. The molecule has 94 valence electrons. The summed E-state index contributed by atoms with van der Waals surface area (Å²) >= 11 is 0. The first-order chi connectivity index (χ1) is 8.15. The Hall–Kier alpha value is -0.960. The van der Waals surface area contributed by atoms with Crippen molar-refractivity contribution in [2.24, 2.45) is 5.92 Å². The summed E-state index contributed by atoms with van der Waals surface area (Å²) in [5, 5.41) is 3.26. The fourth-order valence-corrected chi connectivity index (χ4v) is 2.27. The van der Waals surface area contributed by atoms with Crippen molar-refractivity contribution < 1.29 is 8.78 Å². The number of rotatable bonds is 5. The smallest absolute Gasteiger partial charge is 0.127 e. The van der Waals surface area contributed by atoms with Crippen LogP contribution in [-0.4, -0.2) is 6.04 Å². The van der Waals surface area contributed by atoms with Crippen LogP contribution in [-0.2, 0) is 6.54 Å². The Morgan fingerprint density at radius 3 is 2.76 bits per heavy atom. The lowest BCUT2D eigenvalue weighted by Crippen LogP contribution is -2.30. The van der Waals surface area contributed by atoms with Crippen LogP contribution in [0.5, 0.6) is 0 Å². The number of benzene rings is 1. The lowest BCUT2D eigenvalue weighted by atomic mass is 9.81. The quantitative estimate of drug-likeness (QED) is 0.827. The van der Waals surface area contributed by atoms with E-state index in [1.54, 1.807) is 0 Å². The van der Waals surface area contributed by atoms with E-state index in [1.165, 1.54) is 31.4 Å². The molecule has 1 saturated carbocycles. The Kier molecular flexibility index (Phi) is 4.11. The van der Waals surface area contributed by atoms with Crippen molar-refractivity contribution in [3.05, 3.63) is 35.4 Å². The molecule has 1 unspecified atom stereocenters. The molecule has 0 radical (unpaired) electrons. The van der Waals surface area contributed by atoms with Crippen LogP contribution in [0, 0.1) is 17.6 Å². The maximum Gasteiger partial charge on any atom is 0.127 e. The molecule has 0 bridgehead atoms. The van der Waals surface area contributed by atoms with Crippen molar-refractivity contribution in [3.8, 4) is 0 Å². The molecule has 0 saturated heterocycles. The summed E-state index contributed by atoms with van der Waals surface area (Å²) < 4.78 is 26.3. The van der Waals surface area contributed by atoms with Gasteiger partial charge in [0.05, 0.1) is 0 Å². The average molecular weight is 239 g/mol. The van der Waals surface area contributed by atoms with Gasteiger partial charge in [0.1, 0.15) is 11.6 Å². The fraction of sp³-hybridized carbons (Fsp3) is 0.571. The molecule has 1 fully saturated rings. The fourth-order valence-electron chi connectivity index (χ4n) is 2.27. The average Bonchev–Trinajstić information content (AvgIpc) is 2.25. The molecule has 17 heavy (non-hydrogen) atoms. The molecule has 0 amide bonds. The molecule has 3 heteroatoms. The summed E-state index contributed by atoms with van der Waals surface area (Å²) in [5.74, 6) is 0.111. The summed E-state index contributed by atoms with van der Waals surface area (Å²) in [5.41, 5.74) is 0.408. The zero-order chi connectivity index (χ0) is 12.3. The van der Waals surface area contributed by atoms with Crippen LogP contribution in [0.2, 0.25) is 0 Å². The van der Waals surface area contributed by atoms with E-state index in [0.717, 1.165) is 18.4 Å². The second-order valence-corrected chi connectivity index (χ2v) is 5.05. The van der Waals surface area contributed by atoms with E-state index in [1.807, 2.05) is 0 Å². The zero-order valence-corrected chi connectivity index (χ0v) is 10.2. The minimum Gasteiger partial charge on any atom is -0.310 e. The first-order valence-electron chi connectivity index (χ1n) is 6.32. The lowest BCUT2D eigenvalue weighted by Gasteiger charge is -2.28. The van der Waals surface area contributed by atoms with Crippen molar-refractivity contribution in [2.45, 2.75) is 45.2 Å². The Morgan fingerprint density at radius 2 is 2.12 bits per heavy atom. The van der Waals surface area contributed by atoms with Gasteiger partial charge in [-0.2, -0.15) is 0 Å². The van der Waals surface area contributed by atoms with E-state index >= 15 is 0 Å². The standard InChI is InChI=1S/C14H19F2N/c1-10(7-11-3-2-4-11)17-9-12-8-13(15)5-6-14(12)16/h5-6,8,10-11,17H,2-4,7,9H2,1H3. The highest BCUT2D eigenvalue weighted by molar-refractivity contribution is 5.18. The third kappa shape index (κ3) is 3.50. The van der Waals surface area contributed by atoms with Gasteiger partial charge in [0.2, 0.25) is 0 Å². The molecule has 1 aromatic rings. The SMILES string of the molecule is CC(CC1CCC1)NCc1cc(F)ccc1F. The van der Waals surface area contributed by atoms with Gasteiger partial charge in [0.25, 0.3) is 0 Å². The summed E-state index contributed by atoms with van der Waals surface area (Å²) in [6.45, 7) is 2.51. The van der Waals surface area contributed by atoms with Crippen molar-refractivity contribution in [2.75, 3.05) is 0 Å². The van der Waals surface area contributed by atoms with Crippen LogP contribution in [0.3, 0.4) is 0 Å². The van der Waals surface area contributed by atoms with Crippen LogP contribution in [0.25, 0.3) is 0 Å². The Balaban J connectivity index is 1.81. The molecule has 0 aromatic heterocycles. The maximum atomic E-state index is 13.4. The minimum atomic E-state index is -0.380. The van der Waals surface area contributed by atoms with Gasteiger partial charge in [-0.3, -0.25) is 0 Å². The third-order valence-electron chi connectivity index (χ3n) is 3.56. The van der Waals surface area contributed by atoms with Gasteiger partial charge in [0.15, 0.2) is 0 Å². The highest BCUT2D eigenvalue weighted by Crippen LogP contribution is 2.30. The first-order valence-corrected chi connectivity index (χ1v) is 6.32. The van der Waals surface area contributed by atoms with Crippen molar-refractivity contribution in [1.29, 1.82) is 0 Å². The topological polar surface area (TPSA) is 12.0 Å². The molecular weight excluding hydrogens is 220 g/mol. The molecule has 1 N–H and O–H groups in total. The van der Waals surface area contributed by atoms with E-state index in [0.29, 0.717) is 18.2 Å². The maximum absolute atomic E-state index is 13.4. The van der Waals surface area contributed by atoms with Gasteiger partial charge in [-0.05, 0) is 37.5 Å². The monoisotopic (exact) mass is 239 g/mol. The number of halogens is 2. The summed E-state index contributed by atoms with van der Waals surface area (Å²) in [6, 6.07) is 3.96. The largest absolute Gasteiger partial charge is 0.310 e. The predicted molar refractivity (Wildman–Crippen MR) is 64.6 cm³/mol. The van der Waals surface area contributed by atoms with E-state index in [9.17, 15) is 8.78 Å². The summed E-state index contributed by atoms with van der Waals surface area (Å²) in [4.78, 5) is 0. The van der Waals surface area contributed by atoms with Crippen LogP contribution in [0.15, 0.2) is 18.2 Å². The molecule has 0 aliphatic heterocycles. The van der Waals surface area contributed by atoms with E-state index < -0.39 is 0 Å². The van der Waals surface area contributed by atoms with E-state index in [4.69, 9.17) is 0 Å². The highest BCUT2D eigenvalue weighted by Gasteiger charge is 2.19. The molecule has 1 aliphatic rings. The van der Waals surface area contributed by atoms with Gasteiger partial charge in [-0.15, -0.1) is 0 Å². The number of nitrogens with one attached hydrogen (secondary N) is 1. The van der Waals surface area contributed by atoms with Gasteiger partial charge in [-0.25, -0.2) is 8.78 Å². The van der Waals surface area contributed by atoms with Crippen LogP contribution >= 0.6 is 0 Å². The molecule has 1 nitrogen and oxygen atoms in total. The Labute approximate surface area is 101 Å². The number of hydrogen-bond donors (Lipinski definition) is 1. The molecule has 2 rings (SSSR count). The Bertz CT molecular complexity index is 374. The highest BCUT2D eigenvalue weighted by atomic mass is 19.1. The van der Waals surface area contributed by atoms with Crippen LogP contribution in [0.4, 0.5) is 8.78 Å². The predicted octanol–water partition coefficient (Wildman–Crippen LogP) is 3.63. The first kappa shape index (κ1) is 12.5.